The van der Waals surface area contributed by atoms with E-state index in [1.165, 1.54) is 0 Å². The molecule has 0 aromatic rings. The summed E-state index contributed by atoms with van der Waals surface area (Å²) in [4.78, 5) is 21.8. The predicted molar refractivity (Wildman–Crippen MR) is 54.5 cm³/mol. The lowest BCUT2D eigenvalue weighted by Gasteiger charge is -2.24. The van der Waals surface area contributed by atoms with E-state index in [4.69, 9.17) is 10.2 Å². The maximum absolute atomic E-state index is 11.1. The van der Waals surface area contributed by atoms with Crippen LogP contribution in [0.2, 0.25) is 0 Å². The molecule has 4 atom stereocenters. The molecule has 0 heterocycles. The molecule has 0 saturated carbocycles. The van der Waals surface area contributed by atoms with Crippen LogP contribution in [0, 0.1) is 0 Å². The minimum Gasteiger partial charge on any atom is -0.394 e. The number of amides is 2. The molecule has 2 amide bonds. The number of hydrogen-bond acceptors (Lipinski definition) is 7. The molecule has 0 aliphatic heterocycles. The summed E-state index contributed by atoms with van der Waals surface area (Å²) in [5.41, 5.74) is 0. The average molecular weight is 249 g/mol. The second kappa shape index (κ2) is 7.09. The molecule has 0 radical (unpaired) electrons. The monoisotopic (exact) mass is 249 g/mol. The van der Waals surface area contributed by atoms with Crippen molar-refractivity contribution in [2.45, 2.75) is 24.4 Å². The smallest absolute Gasteiger partial charge is 0.258 e. The van der Waals surface area contributed by atoms with Gasteiger partial charge in [0.1, 0.15) is 18.3 Å². The van der Waals surface area contributed by atoms with Gasteiger partial charge in [-0.15, -0.1) is 0 Å². The fraction of sp³-hybridized carbons (Fsp3) is 0.556. The Kier molecular flexibility index (Phi) is 6.54. The first kappa shape index (κ1) is 15.7. The van der Waals surface area contributed by atoms with Gasteiger partial charge >= 0.3 is 0 Å². The number of nitrogens with one attached hydrogen (secondary N) is 1. The molecular weight excluding hydrogens is 234 g/mol. The van der Waals surface area contributed by atoms with Crippen LogP contribution in [0.5, 0.6) is 0 Å². The Bertz CT molecular complexity index is 293. The normalized spacial score (nSPS) is 17.7. The van der Waals surface area contributed by atoms with Gasteiger partial charge in [0, 0.05) is 0 Å². The SMILES string of the molecule is C=CC(=O)NC(=O)[C@H](O)[C@@H](O)[C@H](O)[C@H](O)CO. The molecule has 0 saturated heterocycles. The molecule has 0 aromatic carbocycles. The summed E-state index contributed by atoms with van der Waals surface area (Å²) < 4.78 is 0. The van der Waals surface area contributed by atoms with Crippen molar-refractivity contribution >= 4 is 11.8 Å². The van der Waals surface area contributed by atoms with Crippen LogP contribution in [0.1, 0.15) is 0 Å². The number of aliphatic hydroxyl groups is 5. The van der Waals surface area contributed by atoms with E-state index in [0.29, 0.717) is 0 Å². The molecule has 0 aliphatic carbocycles. The zero-order chi connectivity index (χ0) is 13.6. The number of aliphatic hydroxyl groups excluding tert-OH is 5. The largest absolute Gasteiger partial charge is 0.394 e. The van der Waals surface area contributed by atoms with Crippen molar-refractivity contribution in [2.75, 3.05) is 6.61 Å². The summed E-state index contributed by atoms with van der Waals surface area (Å²) in [6.07, 6.45) is -7.05. The lowest BCUT2D eigenvalue weighted by molar-refractivity contribution is -0.150. The van der Waals surface area contributed by atoms with E-state index < -0.39 is 42.8 Å². The predicted octanol–water partition coefficient (Wildman–Crippen LogP) is -3.75. The molecule has 17 heavy (non-hydrogen) atoms. The third-order valence-corrected chi connectivity index (χ3v) is 1.96. The summed E-state index contributed by atoms with van der Waals surface area (Å²) >= 11 is 0. The summed E-state index contributed by atoms with van der Waals surface area (Å²) in [5, 5.41) is 46.8. The molecule has 6 N–H and O–H groups in total. The van der Waals surface area contributed by atoms with Crippen LogP contribution in [0.4, 0.5) is 0 Å². The number of imide groups is 1. The van der Waals surface area contributed by atoms with Crippen molar-refractivity contribution in [2.24, 2.45) is 0 Å². The van der Waals surface area contributed by atoms with E-state index in [2.05, 4.69) is 6.58 Å². The van der Waals surface area contributed by atoms with Gasteiger partial charge in [-0.1, -0.05) is 6.58 Å². The average Bonchev–Trinajstić information content (AvgIpc) is 2.34. The summed E-state index contributed by atoms with van der Waals surface area (Å²) in [5.74, 6) is -2.15. The first-order chi connectivity index (χ1) is 7.84. The Labute approximate surface area is 96.8 Å². The highest BCUT2D eigenvalue weighted by Gasteiger charge is 2.34. The number of carbonyl (C=O) groups excluding carboxylic acids is 2. The second-order valence-electron chi connectivity index (χ2n) is 3.23. The van der Waals surface area contributed by atoms with Gasteiger partial charge in [-0.3, -0.25) is 14.9 Å². The Balaban J connectivity index is 4.48. The summed E-state index contributed by atoms with van der Waals surface area (Å²) in [6.45, 7) is 2.20. The van der Waals surface area contributed by atoms with Gasteiger partial charge < -0.3 is 25.5 Å². The number of carbonyl (C=O) groups is 2. The fourth-order valence-electron chi connectivity index (χ4n) is 0.924. The Morgan fingerprint density at radius 2 is 1.71 bits per heavy atom. The molecule has 0 aliphatic rings. The van der Waals surface area contributed by atoms with E-state index in [-0.39, 0.29) is 0 Å². The fourth-order valence-corrected chi connectivity index (χ4v) is 0.924. The minimum absolute atomic E-state index is 0.774. The van der Waals surface area contributed by atoms with E-state index >= 15 is 0 Å². The summed E-state index contributed by atoms with van der Waals surface area (Å²) in [7, 11) is 0. The van der Waals surface area contributed by atoms with Gasteiger partial charge in [0.15, 0.2) is 6.10 Å². The molecule has 8 heteroatoms. The quantitative estimate of drug-likeness (QED) is 0.265. The lowest BCUT2D eigenvalue weighted by atomic mass is 10.0. The van der Waals surface area contributed by atoms with E-state index in [1.54, 1.807) is 5.32 Å². The first-order valence-electron chi connectivity index (χ1n) is 4.65. The lowest BCUT2D eigenvalue weighted by Crippen LogP contribution is -2.52. The van der Waals surface area contributed by atoms with Gasteiger partial charge in [-0.25, -0.2) is 0 Å². The van der Waals surface area contributed by atoms with Crippen LogP contribution in [0.3, 0.4) is 0 Å². The molecule has 0 spiro atoms. The molecule has 0 unspecified atom stereocenters. The second-order valence-corrected chi connectivity index (χ2v) is 3.23. The first-order valence-corrected chi connectivity index (χ1v) is 4.65. The van der Waals surface area contributed by atoms with Crippen LogP contribution in [-0.2, 0) is 9.59 Å². The number of hydrogen-bond donors (Lipinski definition) is 6. The van der Waals surface area contributed by atoms with Crippen LogP contribution in [0.15, 0.2) is 12.7 Å². The Morgan fingerprint density at radius 1 is 1.18 bits per heavy atom. The molecule has 0 bridgehead atoms. The molecule has 0 rings (SSSR count). The Hall–Kier alpha value is -1.32. The van der Waals surface area contributed by atoms with Gasteiger partial charge in [0.25, 0.3) is 5.91 Å². The highest BCUT2D eigenvalue weighted by molar-refractivity contribution is 6.02. The standard InChI is InChI=1S/C9H15NO7/c1-2-5(13)10-9(17)8(16)7(15)6(14)4(12)3-11/h2,4,6-8,11-12,14-16H,1,3H2,(H,10,13,17)/t4-,6-,7+,8-/m1/s1. The van der Waals surface area contributed by atoms with Crippen LogP contribution in [-0.4, -0.2) is 68.4 Å². The third kappa shape index (κ3) is 4.59. The molecule has 98 valence electrons. The van der Waals surface area contributed by atoms with E-state index in [9.17, 15) is 24.9 Å². The zero-order valence-corrected chi connectivity index (χ0v) is 8.85. The summed E-state index contributed by atoms with van der Waals surface area (Å²) in [6, 6.07) is 0. The van der Waals surface area contributed by atoms with Crippen molar-refractivity contribution in [3.8, 4) is 0 Å². The van der Waals surface area contributed by atoms with E-state index in [1.807, 2.05) is 0 Å². The molecular formula is C9H15NO7. The van der Waals surface area contributed by atoms with Gasteiger partial charge in [0.05, 0.1) is 6.61 Å². The Morgan fingerprint density at radius 3 is 2.12 bits per heavy atom. The molecule has 8 nitrogen and oxygen atoms in total. The van der Waals surface area contributed by atoms with Crippen molar-refractivity contribution in [1.82, 2.24) is 5.32 Å². The molecule has 0 aromatic heterocycles. The maximum atomic E-state index is 11.1. The zero-order valence-electron chi connectivity index (χ0n) is 8.85. The van der Waals surface area contributed by atoms with Crippen LogP contribution in [0.25, 0.3) is 0 Å². The highest BCUT2D eigenvalue weighted by Crippen LogP contribution is 2.05. The minimum atomic E-state index is -2.13. The third-order valence-electron chi connectivity index (χ3n) is 1.96. The van der Waals surface area contributed by atoms with Crippen molar-refractivity contribution < 1.29 is 35.1 Å². The highest BCUT2D eigenvalue weighted by atomic mass is 16.4. The molecule has 0 fully saturated rings. The van der Waals surface area contributed by atoms with Crippen LogP contribution >= 0.6 is 0 Å². The number of rotatable bonds is 6. The van der Waals surface area contributed by atoms with Crippen LogP contribution < -0.4 is 5.32 Å². The topological polar surface area (TPSA) is 147 Å². The maximum Gasteiger partial charge on any atom is 0.258 e. The van der Waals surface area contributed by atoms with Crippen molar-refractivity contribution in [3.63, 3.8) is 0 Å². The van der Waals surface area contributed by atoms with Gasteiger partial charge in [-0.2, -0.15) is 0 Å². The van der Waals surface area contributed by atoms with E-state index in [0.717, 1.165) is 6.08 Å². The van der Waals surface area contributed by atoms with Gasteiger partial charge in [-0.05, 0) is 6.08 Å². The van der Waals surface area contributed by atoms with Gasteiger partial charge in [0.2, 0.25) is 5.91 Å². The van der Waals surface area contributed by atoms with Crippen molar-refractivity contribution in [1.29, 1.82) is 0 Å². The van der Waals surface area contributed by atoms with Crippen molar-refractivity contribution in [3.05, 3.63) is 12.7 Å².